The molecule has 0 heterocycles. The monoisotopic (exact) mass is 344 g/mol. The summed E-state index contributed by atoms with van der Waals surface area (Å²) in [7, 11) is 1.70. The van der Waals surface area contributed by atoms with Gasteiger partial charge in [0.2, 0.25) is 0 Å². The van der Waals surface area contributed by atoms with Crippen molar-refractivity contribution in [2.75, 3.05) is 20.3 Å². The van der Waals surface area contributed by atoms with Gasteiger partial charge in [-0.2, -0.15) is 0 Å². The predicted octanol–water partition coefficient (Wildman–Crippen LogP) is 3.30. The fraction of sp³-hybridized carbons (Fsp3) is 0.571. The smallest absolute Gasteiger partial charge is 0.270 e. The highest BCUT2D eigenvalue weighted by Crippen LogP contribution is 2.24. The maximum absolute atomic E-state index is 10.7. The summed E-state index contributed by atoms with van der Waals surface area (Å²) >= 11 is 3.40. The minimum absolute atomic E-state index is 0.109. The van der Waals surface area contributed by atoms with E-state index in [4.69, 9.17) is 4.74 Å². The molecule has 0 saturated heterocycles. The third-order valence-corrected chi connectivity index (χ3v) is 3.80. The van der Waals surface area contributed by atoms with Crippen LogP contribution in [0, 0.1) is 10.1 Å². The summed E-state index contributed by atoms with van der Waals surface area (Å²) in [6, 6.07) is 5.22. The maximum Gasteiger partial charge on any atom is 0.270 e. The third kappa shape index (κ3) is 5.56. The fourth-order valence-corrected chi connectivity index (χ4v) is 2.54. The Balaban J connectivity index is 2.60. The lowest BCUT2D eigenvalue weighted by Crippen LogP contribution is -2.34. The van der Waals surface area contributed by atoms with Crippen molar-refractivity contribution in [2.45, 2.75) is 32.2 Å². The molecular weight excluding hydrogens is 324 g/mol. The van der Waals surface area contributed by atoms with Crippen LogP contribution < -0.4 is 5.32 Å². The van der Waals surface area contributed by atoms with Crippen molar-refractivity contribution in [3.05, 3.63) is 38.3 Å². The van der Waals surface area contributed by atoms with E-state index in [0.29, 0.717) is 12.6 Å². The number of nitrogens with one attached hydrogen (secondary N) is 1. The summed E-state index contributed by atoms with van der Waals surface area (Å²) in [5, 5.41) is 14.1. The van der Waals surface area contributed by atoms with Crippen LogP contribution in [0.1, 0.15) is 25.3 Å². The van der Waals surface area contributed by atoms with Gasteiger partial charge in [0, 0.05) is 29.8 Å². The van der Waals surface area contributed by atoms with Crippen LogP contribution in [-0.2, 0) is 11.2 Å². The number of ether oxygens (including phenoxy) is 1. The summed E-state index contributed by atoms with van der Waals surface area (Å²) < 4.78 is 6.00. The first-order chi connectivity index (χ1) is 9.58. The molecule has 0 amide bonds. The lowest BCUT2D eigenvalue weighted by atomic mass is 10.1. The summed E-state index contributed by atoms with van der Waals surface area (Å²) in [4.78, 5) is 10.3. The van der Waals surface area contributed by atoms with E-state index in [9.17, 15) is 10.1 Å². The Morgan fingerprint density at radius 1 is 1.50 bits per heavy atom. The molecule has 1 aromatic carbocycles. The zero-order valence-corrected chi connectivity index (χ0v) is 13.5. The predicted molar refractivity (Wildman–Crippen MR) is 83.1 cm³/mol. The molecule has 0 aromatic heterocycles. The first kappa shape index (κ1) is 17.1. The highest BCUT2D eigenvalue weighted by atomic mass is 79.9. The maximum atomic E-state index is 10.7. The number of benzene rings is 1. The van der Waals surface area contributed by atoms with Crippen LogP contribution in [0.25, 0.3) is 0 Å². The molecular formula is C14H21BrN2O3. The van der Waals surface area contributed by atoms with Gasteiger partial charge in [-0.1, -0.05) is 28.9 Å². The van der Waals surface area contributed by atoms with E-state index in [2.05, 4.69) is 28.2 Å². The lowest BCUT2D eigenvalue weighted by molar-refractivity contribution is -0.384. The molecule has 1 aromatic rings. The van der Waals surface area contributed by atoms with E-state index in [1.165, 1.54) is 0 Å². The average molecular weight is 345 g/mol. The number of hydrogen-bond acceptors (Lipinski definition) is 4. The van der Waals surface area contributed by atoms with Gasteiger partial charge < -0.3 is 10.1 Å². The van der Waals surface area contributed by atoms with Gasteiger partial charge in [-0.15, -0.1) is 0 Å². The molecule has 1 atom stereocenters. The standard InChI is InChI=1S/C14H21BrN2O3/c1-3-8-16-12(10-20-2)6-4-11-5-7-13(17(18)19)9-14(11)15/h5,7,9,12,16H,3-4,6,8,10H2,1-2H3. The van der Waals surface area contributed by atoms with E-state index in [-0.39, 0.29) is 10.6 Å². The van der Waals surface area contributed by atoms with Gasteiger partial charge in [0.25, 0.3) is 5.69 Å². The van der Waals surface area contributed by atoms with E-state index in [0.717, 1.165) is 35.8 Å². The quantitative estimate of drug-likeness (QED) is 0.551. The van der Waals surface area contributed by atoms with Gasteiger partial charge in [-0.3, -0.25) is 10.1 Å². The van der Waals surface area contributed by atoms with Gasteiger partial charge >= 0.3 is 0 Å². The summed E-state index contributed by atoms with van der Waals surface area (Å²) in [6.45, 7) is 3.77. The second-order valence-electron chi connectivity index (χ2n) is 4.68. The number of rotatable bonds is 9. The summed E-state index contributed by atoms with van der Waals surface area (Å²) in [6.07, 6.45) is 2.87. The number of hydrogen-bond donors (Lipinski definition) is 1. The largest absolute Gasteiger partial charge is 0.383 e. The Morgan fingerprint density at radius 2 is 2.25 bits per heavy atom. The van der Waals surface area contributed by atoms with Crippen LogP contribution in [0.5, 0.6) is 0 Å². The molecule has 0 aliphatic heterocycles. The van der Waals surface area contributed by atoms with Crippen LogP contribution in [0.15, 0.2) is 22.7 Å². The van der Waals surface area contributed by atoms with Crippen LogP contribution in [0.4, 0.5) is 5.69 Å². The van der Waals surface area contributed by atoms with Crippen LogP contribution in [-0.4, -0.2) is 31.2 Å². The highest BCUT2D eigenvalue weighted by molar-refractivity contribution is 9.10. The molecule has 0 bridgehead atoms. The second-order valence-corrected chi connectivity index (χ2v) is 5.53. The first-order valence-corrected chi connectivity index (χ1v) is 7.53. The first-order valence-electron chi connectivity index (χ1n) is 6.73. The molecule has 1 unspecified atom stereocenters. The zero-order valence-electron chi connectivity index (χ0n) is 11.9. The van der Waals surface area contributed by atoms with E-state index >= 15 is 0 Å². The molecule has 1 rings (SSSR count). The van der Waals surface area contributed by atoms with Gasteiger partial charge in [-0.25, -0.2) is 0 Å². The minimum atomic E-state index is -0.384. The zero-order chi connectivity index (χ0) is 15.0. The molecule has 5 nitrogen and oxygen atoms in total. The molecule has 20 heavy (non-hydrogen) atoms. The average Bonchev–Trinajstić information content (AvgIpc) is 2.42. The summed E-state index contributed by atoms with van der Waals surface area (Å²) in [5.41, 5.74) is 1.19. The highest BCUT2D eigenvalue weighted by Gasteiger charge is 2.12. The van der Waals surface area contributed by atoms with Crippen LogP contribution in [0.3, 0.4) is 0 Å². The van der Waals surface area contributed by atoms with Gasteiger partial charge in [0.05, 0.1) is 11.5 Å². The van der Waals surface area contributed by atoms with Gasteiger partial charge in [0.15, 0.2) is 0 Å². The number of halogens is 1. The number of methoxy groups -OCH3 is 1. The van der Waals surface area contributed by atoms with Gasteiger partial charge in [-0.05, 0) is 31.4 Å². The Hall–Kier alpha value is -0.980. The second kappa shape index (κ2) is 9.05. The van der Waals surface area contributed by atoms with Crippen molar-refractivity contribution >= 4 is 21.6 Å². The normalized spacial score (nSPS) is 12.3. The molecule has 112 valence electrons. The minimum Gasteiger partial charge on any atom is -0.383 e. The molecule has 6 heteroatoms. The van der Waals surface area contributed by atoms with Crippen molar-refractivity contribution in [3.8, 4) is 0 Å². The van der Waals surface area contributed by atoms with Crippen molar-refractivity contribution in [1.29, 1.82) is 0 Å². The number of nitro benzene ring substituents is 1. The topological polar surface area (TPSA) is 64.4 Å². The Labute approximate surface area is 128 Å². The molecule has 1 N–H and O–H groups in total. The van der Waals surface area contributed by atoms with Crippen molar-refractivity contribution in [1.82, 2.24) is 5.32 Å². The molecule has 0 fully saturated rings. The molecule has 0 radical (unpaired) electrons. The number of non-ortho nitro benzene ring substituents is 1. The SMILES string of the molecule is CCCNC(CCc1ccc([N+](=O)[O-])cc1Br)COC. The molecule has 0 saturated carbocycles. The molecule has 0 aliphatic carbocycles. The number of nitrogens with zero attached hydrogens (tertiary/aromatic N) is 1. The van der Waals surface area contributed by atoms with Crippen LogP contribution in [0.2, 0.25) is 0 Å². The van der Waals surface area contributed by atoms with Crippen molar-refractivity contribution in [2.24, 2.45) is 0 Å². The molecule has 0 aliphatic rings. The van der Waals surface area contributed by atoms with E-state index in [1.54, 1.807) is 19.2 Å². The van der Waals surface area contributed by atoms with Gasteiger partial charge in [0.1, 0.15) is 0 Å². The summed E-state index contributed by atoms with van der Waals surface area (Å²) in [5.74, 6) is 0. The number of aryl methyl sites for hydroxylation is 1. The van der Waals surface area contributed by atoms with Crippen molar-refractivity contribution < 1.29 is 9.66 Å². The fourth-order valence-electron chi connectivity index (χ4n) is 1.98. The lowest BCUT2D eigenvalue weighted by Gasteiger charge is -2.17. The van der Waals surface area contributed by atoms with Crippen molar-refractivity contribution in [3.63, 3.8) is 0 Å². The Morgan fingerprint density at radius 3 is 2.80 bits per heavy atom. The Kier molecular flexibility index (Phi) is 7.72. The molecule has 0 spiro atoms. The third-order valence-electron chi connectivity index (χ3n) is 3.06. The Bertz CT molecular complexity index is 440. The van der Waals surface area contributed by atoms with Crippen LogP contribution >= 0.6 is 15.9 Å². The van der Waals surface area contributed by atoms with E-state index in [1.807, 2.05) is 6.07 Å². The van der Waals surface area contributed by atoms with E-state index < -0.39 is 0 Å². The number of nitro groups is 1.